The van der Waals surface area contributed by atoms with Gasteiger partial charge in [-0.2, -0.15) is 5.26 Å². The molecule has 1 aliphatic rings. The smallest absolute Gasteiger partial charge is 0.329 e. The fraction of sp³-hybridized carbons (Fsp3) is 0.750. The topological polar surface area (TPSA) is 93.9 Å². The Balaban J connectivity index is 2.85. The minimum absolute atomic E-state index is 0.168. The summed E-state index contributed by atoms with van der Waals surface area (Å²) in [4.78, 5) is 26.4. The van der Waals surface area contributed by atoms with E-state index < -0.39 is 17.6 Å². The van der Waals surface area contributed by atoms with Crippen molar-refractivity contribution in [1.29, 1.82) is 5.26 Å². The van der Waals surface area contributed by atoms with Crippen LogP contribution in [-0.4, -0.2) is 64.8 Å². The largest absolute Gasteiger partial charge is 0.480 e. The predicted molar refractivity (Wildman–Crippen MR) is 66.4 cm³/mol. The van der Waals surface area contributed by atoms with Gasteiger partial charge >= 0.3 is 12.0 Å². The van der Waals surface area contributed by atoms with Crippen molar-refractivity contribution >= 4 is 12.0 Å². The van der Waals surface area contributed by atoms with Gasteiger partial charge in [0.1, 0.15) is 5.54 Å². The van der Waals surface area contributed by atoms with E-state index in [0.29, 0.717) is 6.54 Å². The Hall–Kier alpha value is -1.81. The zero-order valence-electron chi connectivity index (χ0n) is 11.4. The second-order valence-electron chi connectivity index (χ2n) is 4.83. The SMILES string of the molecule is CCN(C(=O)N1CCOC(C#N)C1)C(C)(C)C(=O)O. The van der Waals surface area contributed by atoms with Crippen molar-refractivity contribution in [2.45, 2.75) is 32.4 Å². The molecule has 7 nitrogen and oxygen atoms in total. The molecule has 0 saturated carbocycles. The highest BCUT2D eigenvalue weighted by molar-refractivity contribution is 5.85. The van der Waals surface area contributed by atoms with E-state index in [0.717, 1.165) is 0 Å². The standard InChI is InChI=1S/C12H19N3O4/c1-4-15(12(2,3)10(16)17)11(18)14-5-6-19-9(7-13)8-14/h9H,4-6,8H2,1-3H3,(H,16,17). The molecule has 1 atom stereocenters. The second-order valence-corrected chi connectivity index (χ2v) is 4.83. The van der Waals surface area contributed by atoms with Gasteiger partial charge < -0.3 is 19.6 Å². The molecule has 0 aliphatic carbocycles. The van der Waals surface area contributed by atoms with E-state index in [4.69, 9.17) is 10.00 Å². The normalized spacial score (nSPS) is 19.7. The van der Waals surface area contributed by atoms with Gasteiger partial charge in [-0.15, -0.1) is 0 Å². The van der Waals surface area contributed by atoms with Gasteiger partial charge in [0, 0.05) is 13.1 Å². The van der Waals surface area contributed by atoms with Gasteiger partial charge in [-0.1, -0.05) is 0 Å². The second kappa shape index (κ2) is 5.89. The number of rotatable bonds is 3. The number of nitrogens with zero attached hydrogens (tertiary/aromatic N) is 3. The molecular weight excluding hydrogens is 250 g/mol. The molecule has 2 amide bonds. The van der Waals surface area contributed by atoms with Crippen molar-refractivity contribution < 1.29 is 19.4 Å². The van der Waals surface area contributed by atoms with Gasteiger partial charge in [-0.3, -0.25) is 0 Å². The summed E-state index contributed by atoms with van der Waals surface area (Å²) in [5, 5.41) is 18.0. The lowest BCUT2D eigenvalue weighted by Crippen LogP contribution is -2.59. The summed E-state index contributed by atoms with van der Waals surface area (Å²) in [6.45, 7) is 5.80. The zero-order valence-corrected chi connectivity index (χ0v) is 11.4. The molecule has 1 heterocycles. The van der Waals surface area contributed by atoms with Gasteiger partial charge in [0.2, 0.25) is 0 Å². The first-order valence-corrected chi connectivity index (χ1v) is 6.15. The Bertz CT molecular complexity index is 402. The van der Waals surface area contributed by atoms with Crippen LogP contribution in [0, 0.1) is 11.3 Å². The van der Waals surface area contributed by atoms with E-state index in [1.54, 1.807) is 6.92 Å². The molecular formula is C12H19N3O4. The van der Waals surface area contributed by atoms with Crippen LogP contribution in [0.2, 0.25) is 0 Å². The first-order chi connectivity index (χ1) is 8.84. The molecule has 0 aromatic rings. The van der Waals surface area contributed by atoms with E-state index in [-0.39, 0.29) is 25.7 Å². The zero-order chi connectivity index (χ0) is 14.6. The van der Waals surface area contributed by atoms with Crippen molar-refractivity contribution in [3.05, 3.63) is 0 Å². The fourth-order valence-corrected chi connectivity index (χ4v) is 1.96. The maximum absolute atomic E-state index is 12.4. The van der Waals surface area contributed by atoms with E-state index in [2.05, 4.69) is 0 Å². The Morgan fingerprint density at radius 1 is 1.58 bits per heavy atom. The summed E-state index contributed by atoms with van der Waals surface area (Å²) in [7, 11) is 0. The van der Waals surface area contributed by atoms with Crippen molar-refractivity contribution in [2.75, 3.05) is 26.2 Å². The minimum Gasteiger partial charge on any atom is -0.480 e. The molecule has 1 unspecified atom stereocenters. The van der Waals surface area contributed by atoms with Gasteiger partial charge in [0.15, 0.2) is 6.10 Å². The number of amides is 2. The lowest BCUT2D eigenvalue weighted by atomic mass is 10.0. The number of carboxylic acid groups (broad SMARTS) is 1. The number of hydrogen-bond acceptors (Lipinski definition) is 4. The molecule has 7 heteroatoms. The molecule has 106 valence electrons. The number of carboxylic acids is 1. The molecule has 0 bridgehead atoms. The lowest BCUT2D eigenvalue weighted by molar-refractivity contribution is -0.148. The van der Waals surface area contributed by atoms with Crippen LogP contribution < -0.4 is 0 Å². The average molecular weight is 269 g/mol. The number of carbonyl (C=O) groups is 2. The van der Waals surface area contributed by atoms with Crippen molar-refractivity contribution in [2.24, 2.45) is 0 Å². The van der Waals surface area contributed by atoms with Crippen LogP contribution in [0.4, 0.5) is 4.79 Å². The molecule has 1 fully saturated rings. The Labute approximate surface area is 112 Å². The number of hydrogen-bond donors (Lipinski definition) is 1. The molecule has 1 saturated heterocycles. The summed E-state index contributed by atoms with van der Waals surface area (Å²) in [5.74, 6) is -1.06. The monoisotopic (exact) mass is 269 g/mol. The molecule has 1 N–H and O–H groups in total. The first kappa shape index (κ1) is 15.2. The van der Waals surface area contributed by atoms with Crippen LogP contribution >= 0.6 is 0 Å². The predicted octanol–water partition coefficient (Wildman–Crippen LogP) is 0.516. The minimum atomic E-state index is -1.29. The lowest BCUT2D eigenvalue weighted by Gasteiger charge is -2.39. The fourth-order valence-electron chi connectivity index (χ4n) is 1.96. The third-order valence-corrected chi connectivity index (χ3v) is 3.23. The number of likely N-dealkylation sites (N-methyl/N-ethyl adjacent to an activating group) is 1. The quantitative estimate of drug-likeness (QED) is 0.806. The number of nitriles is 1. The van der Waals surface area contributed by atoms with Gasteiger partial charge in [-0.05, 0) is 20.8 Å². The number of aliphatic carboxylic acids is 1. The number of ether oxygens (including phenoxy) is 1. The number of morpholine rings is 1. The van der Waals surface area contributed by atoms with Crippen molar-refractivity contribution in [3.63, 3.8) is 0 Å². The molecule has 1 rings (SSSR count). The number of carbonyl (C=O) groups excluding carboxylic acids is 1. The van der Waals surface area contributed by atoms with Gasteiger partial charge in [0.25, 0.3) is 0 Å². The van der Waals surface area contributed by atoms with E-state index >= 15 is 0 Å². The number of urea groups is 1. The molecule has 0 aromatic carbocycles. The van der Waals surface area contributed by atoms with E-state index in [9.17, 15) is 14.7 Å². The Morgan fingerprint density at radius 2 is 2.21 bits per heavy atom. The summed E-state index contributed by atoms with van der Waals surface area (Å²) in [6.07, 6.45) is -0.649. The Kier molecular flexibility index (Phi) is 4.72. The molecule has 0 spiro atoms. The van der Waals surface area contributed by atoms with Crippen LogP contribution in [0.15, 0.2) is 0 Å². The van der Waals surface area contributed by atoms with Crippen LogP contribution in [-0.2, 0) is 9.53 Å². The molecule has 0 aromatic heterocycles. The van der Waals surface area contributed by atoms with Gasteiger partial charge in [0.05, 0.1) is 19.2 Å². The van der Waals surface area contributed by atoms with Crippen molar-refractivity contribution in [3.8, 4) is 6.07 Å². The summed E-state index contributed by atoms with van der Waals surface area (Å²) < 4.78 is 5.16. The highest BCUT2D eigenvalue weighted by atomic mass is 16.5. The third-order valence-electron chi connectivity index (χ3n) is 3.23. The van der Waals surface area contributed by atoms with Crippen LogP contribution in [0.25, 0.3) is 0 Å². The van der Waals surface area contributed by atoms with Crippen molar-refractivity contribution in [1.82, 2.24) is 9.80 Å². The van der Waals surface area contributed by atoms with E-state index in [1.165, 1.54) is 23.6 Å². The maximum Gasteiger partial charge on any atom is 0.329 e. The summed E-state index contributed by atoms with van der Waals surface area (Å²) >= 11 is 0. The van der Waals surface area contributed by atoms with Crippen LogP contribution in [0.5, 0.6) is 0 Å². The Morgan fingerprint density at radius 3 is 2.68 bits per heavy atom. The third kappa shape index (κ3) is 3.15. The average Bonchev–Trinajstić information content (AvgIpc) is 2.39. The summed E-state index contributed by atoms with van der Waals surface area (Å²) in [6, 6.07) is 1.58. The highest BCUT2D eigenvalue weighted by Crippen LogP contribution is 2.18. The molecule has 1 aliphatic heterocycles. The highest BCUT2D eigenvalue weighted by Gasteiger charge is 2.39. The van der Waals surface area contributed by atoms with Crippen LogP contribution in [0.3, 0.4) is 0 Å². The molecule has 0 radical (unpaired) electrons. The summed E-state index contributed by atoms with van der Waals surface area (Å²) in [5.41, 5.74) is -1.29. The molecule has 19 heavy (non-hydrogen) atoms. The van der Waals surface area contributed by atoms with E-state index in [1.807, 2.05) is 6.07 Å². The first-order valence-electron chi connectivity index (χ1n) is 6.15. The van der Waals surface area contributed by atoms with Crippen LogP contribution in [0.1, 0.15) is 20.8 Å². The van der Waals surface area contributed by atoms with Gasteiger partial charge in [-0.25, -0.2) is 9.59 Å². The maximum atomic E-state index is 12.4.